The first kappa shape index (κ1) is 19.5. The molecule has 0 saturated carbocycles. The topological polar surface area (TPSA) is 57.3 Å². The number of aromatic nitrogens is 1. The van der Waals surface area contributed by atoms with Crippen molar-refractivity contribution in [2.24, 2.45) is 0 Å². The maximum Gasteiger partial charge on any atom is 0.319 e. The average Bonchev–Trinajstić information content (AvgIpc) is 3.11. The van der Waals surface area contributed by atoms with Crippen molar-refractivity contribution in [3.05, 3.63) is 65.3 Å². The van der Waals surface area contributed by atoms with Crippen LogP contribution in [0.5, 0.6) is 0 Å². The molecule has 1 fully saturated rings. The minimum absolute atomic E-state index is 0. The number of carbonyl (C=O) groups is 1. The predicted molar refractivity (Wildman–Crippen MR) is 116 cm³/mol. The van der Waals surface area contributed by atoms with E-state index in [0.717, 1.165) is 40.6 Å². The van der Waals surface area contributed by atoms with Gasteiger partial charge in [-0.2, -0.15) is 0 Å². The Morgan fingerprint density at radius 2 is 1.89 bits per heavy atom. The van der Waals surface area contributed by atoms with E-state index in [9.17, 15) is 4.79 Å². The number of carbonyl (C=O) groups excluding carboxylic acids is 1. The number of benzene rings is 2. The highest BCUT2D eigenvalue weighted by atomic mass is 79.9. The molecule has 0 aliphatic carbocycles. The zero-order chi connectivity index (χ0) is 17.9. The van der Waals surface area contributed by atoms with Crippen molar-refractivity contribution >= 4 is 56.6 Å². The zero-order valence-corrected chi connectivity index (χ0v) is 17.0. The Hall–Kier alpha value is -2.31. The zero-order valence-electron chi connectivity index (χ0n) is 14.6. The molecule has 2 aromatic carbocycles. The molecule has 2 heterocycles. The summed E-state index contributed by atoms with van der Waals surface area (Å²) in [6.07, 6.45) is 2.76. The third-order valence-electron chi connectivity index (χ3n) is 4.61. The maximum absolute atomic E-state index is 12.3. The number of amides is 2. The molecule has 4 rings (SSSR count). The number of nitrogens with one attached hydrogen (secondary N) is 2. The van der Waals surface area contributed by atoms with E-state index in [-0.39, 0.29) is 24.5 Å². The normalized spacial score (nSPS) is 16.0. The second kappa shape index (κ2) is 8.59. The molecule has 140 valence electrons. The number of nitrogens with zero attached hydrogens (tertiary/aromatic N) is 2. The summed E-state index contributed by atoms with van der Waals surface area (Å²) in [5.41, 5.74) is 2.93. The van der Waals surface area contributed by atoms with E-state index < -0.39 is 0 Å². The van der Waals surface area contributed by atoms with Crippen molar-refractivity contribution in [3.8, 4) is 0 Å². The molecule has 2 N–H and O–H groups in total. The third-order valence-corrected chi connectivity index (χ3v) is 5.30. The molecule has 2 amide bonds. The van der Waals surface area contributed by atoms with Crippen LogP contribution in [-0.2, 0) is 0 Å². The number of anilines is 2. The SMILES string of the molecule is Cl.O=C(Nc1ccccc1Br)N[C@@H]1CCN(c2ccnc3ccccc23)C1. The highest BCUT2D eigenvalue weighted by Gasteiger charge is 2.25. The van der Waals surface area contributed by atoms with Crippen LogP contribution in [0, 0.1) is 0 Å². The molecular weight excluding hydrogens is 428 g/mol. The molecule has 1 atom stereocenters. The average molecular weight is 448 g/mol. The first-order valence-electron chi connectivity index (χ1n) is 8.61. The van der Waals surface area contributed by atoms with Crippen molar-refractivity contribution < 1.29 is 4.79 Å². The van der Waals surface area contributed by atoms with E-state index in [1.807, 2.05) is 54.7 Å². The number of hydrogen-bond acceptors (Lipinski definition) is 3. The van der Waals surface area contributed by atoms with E-state index in [4.69, 9.17) is 0 Å². The van der Waals surface area contributed by atoms with Gasteiger partial charge >= 0.3 is 6.03 Å². The minimum atomic E-state index is -0.177. The fraction of sp³-hybridized carbons (Fsp3) is 0.200. The van der Waals surface area contributed by atoms with E-state index in [1.54, 1.807) is 0 Å². The molecule has 0 bridgehead atoms. The monoisotopic (exact) mass is 446 g/mol. The van der Waals surface area contributed by atoms with Gasteiger partial charge in [-0.1, -0.05) is 30.3 Å². The Morgan fingerprint density at radius 3 is 2.74 bits per heavy atom. The lowest BCUT2D eigenvalue weighted by Gasteiger charge is -2.21. The number of fused-ring (bicyclic) bond motifs is 1. The van der Waals surface area contributed by atoms with Gasteiger partial charge in [0.05, 0.1) is 11.2 Å². The van der Waals surface area contributed by atoms with E-state index >= 15 is 0 Å². The van der Waals surface area contributed by atoms with Crippen LogP contribution in [0.25, 0.3) is 10.9 Å². The van der Waals surface area contributed by atoms with Crippen LogP contribution in [0.1, 0.15) is 6.42 Å². The number of pyridine rings is 1. The fourth-order valence-electron chi connectivity index (χ4n) is 3.36. The maximum atomic E-state index is 12.3. The van der Waals surface area contributed by atoms with Crippen LogP contribution in [0.3, 0.4) is 0 Å². The number of halogens is 2. The van der Waals surface area contributed by atoms with Gasteiger partial charge in [0.15, 0.2) is 0 Å². The molecule has 1 aromatic heterocycles. The Labute approximate surface area is 172 Å². The van der Waals surface area contributed by atoms with Gasteiger partial charge in [-0.3, -0.25) is 4.98 Å². The highest BCUT2D eigenvalue weighted by molar-refractivity contribution is 9.10. The number of hydrogen-bond donors (Lipinski definition) is 2. The summed E-state index contributed by atoms with van der Waals surface area (Å²) in [6, 6.07) is 17.7. The smallest absolute Gasteiger partial charge is 0.319 e. The molecule has 0 radical (unpaired) electrons. The number of rotatable bonds is 3. The van der Waals surface area contributed by atoms with Crippen molar-refractivity contribution in [1.82, 2.24) is 10.3 Å². The van der Waals surface area contributed by atoms with Gasteiger partial charge in [0.25, 0.3) is 0 Å². The van der Waals surface area contributed by atoms with E-state index in [1.165, 1.54) is 5.69 Å². The minimum Gasteiger partial charge on any atom is -0.369 e. The lowest BCUT2D eigenvalue weighted by molar-refractivity contribution is 0.249. The Balaban J connectivity index is 0.00000210. The van der Waals surface area contributed by atoms with Gasteiger partial charge < -0.3 is 15.5 Å². The fourth-order valence-corrected chi connectivity index (χ4v) is 3.74. The molecule has 0 spiro atoms. The van der Waals surface area contributed by atoms with Crippen molar-refractivity contribution in [1.29, 1.82) is 0 Å². The van der Waals surface area contributed by atoms with Gasteiger partial charge in [-0.25, -0.2) is 4.79 Å². The molecular formula is C20H20BrClN4O. The van der Waals surface area contributed by atoms with Crippen LogP contribution in [0.15, 0.2) is 65.3 Å². The van der Waals surface area contributed by atoms with Crippen LogP contribution in [0.2, 0.25) is 0 Å². The van der Waals surface area contributed by atoms with Crippen LogP contribution >= 0.6 is 28.3 Å². The lowest BCUT2D eigenvalue weighted by atomic mass is 10.2. The van der Waals surface area contributed by atoms with Crippen molar-refractivity contribution in [2.75, 3.05) is 23.3 Å². The van der Waals surface area contributed by atoms with Crippen molar-refractivity contribution in [2.45, 2.75) is 12.5 Å². The first-order chi connectivity index (χ1) is 12.7. The number of urea groups is 1. The summed E-state index contributed by atoms with van der Waals surface area (Å²) >= 11 is 3.44. The van der Waals surface area contributed by atoms with Crippen molar-refractivity contribution in [3.63, 3.8) is 0 Å². The molecule has 1 saturated heterocycles. The molecule has 3 aromatic rings. The summed E-state index contributed by atoms with van der Waals surface area (Å²) < 4.78 is 0.867. The standard InChI is InChI=1S/C20H19BrN4O.ClH/c21-16-6-2-4-8-18(16)24-20(26)23-14-10-12-25(13-14)19-9-11-22-17-7-3-1-5-15(17)19;/h1-9,11,14H,10,12-13H2,(H2,23,24,26);1H/t14-;/m1./s1. The summed E-state index contributed by atoms with van der Waals surface area (Å²) in [5.74, 6) is 0. The molecule has 0 unspecified atom stereocenters. The molecule has 5 nitrogen and oxygen atoms in total. The lowest BCUT2D eigenvalue weighted by Crippen LogP contribution is -2.39. The Morgan fingerprint density at radius 1 is 1.11 bits per heavy atom. The van der Waals surface area contributed by atoms with Crippen LogP contribution in [-0.4, -0.2) is 30.1 Å². The van der Waals surface area contributed by atoms with Gasteiger partial charge in [-0.15, -0.1) is 12.4 Å². The highest BCUT2D eigenvalue weighted by Crippen LogP contribution is 2.28. The Bertz CT molecular complexity index is 947. The Kier molecular flexibility index (Phi) is 6.19. The summed E-state index contributed by atoms with van der Waals surface area (Å²) in [6.45, 7) is 1.70. The first-order valence-corrected chi connectivity index (χ1v) is 9.41. The summed E-state index contributed by atoms with van der Waals surface area (Å²) in [4.78, 5) is 19.0. The second-order valence-corrected chi connectivity index (χ2v) is 7.21. The van der Waals surface area contributed by atoms with E-state index in [0.29, 0.717) is 0 Å². The van der Waals surface area contributed by atoms with Gasteiger partial charge in [0.1, 0.15) is 0 Å². The quantitative estimate of drug-likeness (QED) is 0.605. The van der Waals surface area contributed by atoms with Crippen LogP contribution in [0.4, 0.5) is 16.2 Å². The van der Waals surface area contributed by atoms with Gasteiger partial charge in [0.2, 0.25) is 0 Å². The molecule has 27 heavy (non-hydrogen) atoms. The molecule has 1 aliphatic heterocycles. The van der Waals surface area contributed by atoms with Crippen LogP contribution < -0.4 is 15.5 Å². The number of para-hydroxylation sites is 2. The van der Waals surface area contributed by atoms with E-state index in [2.05, 4.69) is 42.5 Å². The largest absolute Gasteiger partial charge is 0.369 e. The second-order valence-electron chi connectivity index (χ2n) is 6.36. The summed E-state index contributed by atoms with van der Waals surface area (Å²) in [5, 5.41) is 7.12. The molecule has 7 heteroatoms. The predicted octanol–water partition coefficient (Wildman–Crippen LogP) is 4.82. The molecule has 1 aliphatic rings. The van der Waals surface area contributed by atoms with Gasteiger partial charge in [-0.05, 0) is 46.6 Å². The third kappa shape index (κ3) is 4.34. The van der Waals surface area contributed by atoms with Gasteiger partial charge in [0, 0.05) is 40.9 Å². The summed E-state index contributed by atoms with van der Waals surface area (Å²) in [7, 11) is 0.